The second kappa shape index (κ2) is 8.70. The largest absolute Gasteiger partial charge is 0.511 e. The Balaban J connectivity index is 1.31. The first-order valence-corrected chi connectivity index (χ1v) is 13.3. The molecule has 3 saturated heterocycles. The molecule has 1 aromatic carbocycles. The number of hydrogen-bond donors (Lipinski definition) is 4. The number of Topliss-reactive ketones (excluding diaryl/α,β-unsaturated/α-hetero) is 2. The average Bonchev–Trinajstić information content (AvgIpc) is 3.51. The highest BCUT2D eigenvalue weighted by Crippen LogP contribution is 2.52. The molecule has 38 heavy (non-hydrogen) atoms. The number of ketones is 2. The van der Waals surface area contributed by atoms with E-state index in [1.54, 1.807) is 24.3 Å². The molecule has 0 amide bonds. The van der Waals surface area contributed by atoms with Gasteiger partial charge in [0.15, 0.2) is 17.9 Å². The smallest absolute Gasteiger partial charge is 0.175 e. The van der Waals surface area contributed by atoms with Crippen LogP contribution in [0, 0.1) is 11.8 Å². The van der Waals surface area contributed by atoms with Crippen molar-refractivity contribution in [3.63, 3.8) is 0 Å². The van der Waals surface area contributed by atoms with Gasteiger partial charge in [0.25, 0.3) is 0 Å². The Morgan fingerprint density at radius 2 is 1.71 bits per heavy atom. The predicted molar refractivity (Wildman–Crippen MR) is 132 cm³/mol. The van der Waals surface area contributed by atoms with Crippen molar-refractivity contribution in [1.82, 2.24) is 10.6 Å². The van der Waals surface area contributed by atoms with Gasteiger partial charge in [-0.2, -0.15) is 0 Å². The summed E-state index contributed by atoms with van der Waals surface area (Å²) in [5.74, 6) is -3.49. The van der Waals surface area contributed by atoms with E-state index in [1.807, 2.05) is 13.8 Å². The minimum absolute atomic E-state index is 0.0639. The summed E-state index contributed by atoms with van der Waals surface area (Å²) >= 11 is 0. The highest BCUT2D eigenvalue weighted by molar-refractivity contribution is 6.18. The van der Waals surface area contributed by atoms with Crippen LogP contribution in [-0.2, 0) is 18.9 Å². The van der Waals surface area contributed by atoms with Crippen LogP contribution < -0.4 is 10.6 Å². The Morgan fingerprint density at radius 1 is 1.00 bits per heavy atom. The maximum absolute atomic E-state index is 13.6. The van der Waals surface area contributed by atoms with Crippen molar-refractivity contribution >= 4 is 11.6 Å². The van der Waals surface area contributed by atoms with Gasteiger partial charge in [-0.3, -0.25) is 20.2 Å². The lowest BCUT2D eigenvalue weighted by Gasteiger charge is -2.47. The summed E-state index contributed by atoms with van der Waals surface area (Å²) in [6.45, 7) is 4.70. The number of benzene rings is 1. The van der Waals surface area contributed by atoms with E-state index >= 15 is 0 Å². The number of aliphatic hydroxyl groups is 2. The molecule has 1 saturated carbocycles. The van der Waals surface area contributed by atoms with E-state index < -0.39 is 29.8 Å². The summed E-state index contributed by atoms with van der Waals surface area (Å²) < 4.78 is 24.4. The molecule has 10 nitrogen and oxygen atoms in total. The maximum Gasteiger partial charge on any atom is 0.175 e. The van der Waals surface area contributed by atoms with Gasteiger partial charge in [-0.1, -0.05) is 24.3 Å². The molecule has 3 aliphatic heterocycles. The highest BCUT2D eigenvalue weighted by atomic mass is 16.7. The highest BCUT2D eigenvalue weighted by Gasteiger charge is 2.57. The standard InChI is InChI=1S/C28H32N2O8/c1-12-27-17(29-10-36-27)7-19(37-12)38-18-9-28(13(2)35-11-30-28)8-16-20(18)26(34)22-21(25(16)33)23(31)14-5-3-4-6-15(14)24(22)32/h3-6,12-13,17-19,21-22,27,29-30,33-34H,7-11H2,1-2H3/t12-,13?,17-,18-,19-,21?,22?,27+,28-/m0/s1. The number of aliphatic hydroxyl groups excluding tert-OH is 2. The second-order valence-corrected chi connectivity index (χ2v) is 11.3. The molecule has 4 fully saturated rings. The minimum Gasteiger partial charge on any atom is -0.511 e. The van der Waals surface area contributed by atoms with E-state index in [1.165, 1.54) is 0 Å². The Labute approximate surface area is 220 Å². The number of allylic oxidation sites excluding steroid dienone is 2. The lowest BCUT2D eigenvalue weighted by molar-refractivity contribution is -0.234. The molecule has 0 bridgehead atoms. The summed E-state index contributed by atoms with van der Waals surface area (Å²) in [5.41, 5.74) is 0.761. The van der Waals surface area contributed by atoms with E-state index in [9.17, 15) is 19.8 Å². The van der Waals surface area contributed by atoms with Crippen LogP contribution in [0.5, 0.6) is 0 Å². The van der Waals surface area contributed by atoms with Gasteiger partial charge in [0.05, 0.1) is 49.1 Å². The number of carbonyl (C=O) groups is 2. The van der Waals surface area contributed by atoms with Crippen molar-refractivity contribution in [2.24, 2.45) is 11.8 Å². The van der Waals surface area contributed by atoms with Crippen LogP contribution in [0.25, 0.3) is 0 Å². The van der Waals surface area contributed by atoms with Crippen molar-refractivity contribution in [1.29, 1.82) is 0 Å². The van der Waals surface area contributed by atoms with E-state index in [4.69, 9.17) is 18.9 Å². The van der Waals surface area contributed by atoms with Crippen LogP contribution >= 0.6 is 0 Å². The van der Waals surface area contributed by atoms with E-state index in [2.05, 4.69) is 10.6 Å². The quantitative estimate of drug-likeness (QED) is 0.456. The first-order valence-electron chi connectivity index (χ1n) is 13.3. The first kappa shape index (κ1) is 24.4. The predicted octanol–water partition coefficient (Wildman–Crippen LogP) is 2.27. The Kier molecular flexibility index (Phi) is 5.60. The Bertz CT molecular complexity index is 1280. The molecule has 3 heterocycles. The number of rotatable bonds is 2. The van der Waals surface area contributed by atoms with Gasteiger partial charge in [0, 0.05) is 34.7 Å². The van der Waals surface area contributed by atoms with E-state index in [0.717, 1.165) is 0 Å². The monoisotopic (exact) mass is 524 g/mol. The molecule has 3 aliphatic carbocycles. The molecular formula is C28H32N2O8. The average molecular weight is 525 g/mol. The second-order valence-electron chi connectivity index (χ2n) is 11.3. The lowest BCUT2D eigenvalue weighted by atomic mass is 9.62. The Hall–Kier alpha value is -2.60. The van der Waals surface area contributed by atoms with Gasteiger partial charge in [0.1, 0.15) is 17.6 Å². The molecule has 0 aromatic heterocycles. The van der Waals surface area contributed by atoms with Crippen molar-refractivity contribution < 1.29 is 38.7 Å². The summed E-state index contributed by atoms with van der Waals surface area (Å²) in [6, 6.07) is 6.65. The number of nitrogens with one attached hydrogen (secondary N) is 2. The van der Waals surface area contributed by atoms with Crippen LogP contribution in [0.15, 0.2) is 46.9 Å². The van der Waals surface area contributed by atoms with Crippen LogP contribution in [0.2, 0.25) is 0 Å². The Morgan fingerprint density at radius 3 is 2.39 bits per heavy atom. The lowest BCUT2D eigenvalue weighted by Crippen LogP contribution is -2.56. The molecule has 1 spiro atoms. The van der Waals surface area contributed by atoms with Gasteiger partial charge < -0.3 is 29.2 Å². The third kappa shape index (κ3) is 3.41. The van der Waals surface area contributed by atoms with Crippen molar-refractivity contribution in [3.05, 3.63) is 58.1 Å². The molecule has 6 aliphatic rings. The normalized spacial score (nSPS) is 42.3. The minimum atomic E-state index is -1.19. The maximum atomic E-state index is 13.6. The summed E-state index contributed by atoms with van der Waals surface area (Å²) in [7, 11) is 0. The molecule has 7 rings (SSSR count). The van der Waals surface area contributed by atoms with Crippen LogP contribution in [-0.4, -0.2) is 77.5 Å². The molecule has 3 unspecified atom stereocenters. The topological polar surface area (TPSA) is 136 Å². The number of fused-ring (bicyclic) bond motifs is 4. The third-order valence-electron chi connectivity index (χ3n) is 9.36. The van der Waals surface area contributed by atoms with Gasteiger partial charge in [0.2, 0.25) is 0 Å². The first-order chi connectivity index (χ1) is 18.3. The van der Waals surface area contributed by atoms with Gasteiger partial charge >= 0.3 is 0 Å². The molecule has 1 aromatic rings. The molecule has 0 radical (unpaired) electrons. The van der Waals surface area contributed by atoms with Crippen molar-refractivity contribution in [3.8, 4) is 0 Å². The van der Waals surface area contributed by atoms with E-state index in [-0.39, 0.29) is 58.6 Å². The fraction of sp³-hybridized carbons (Fsp3) is 0.571. The van der Waals surface area contributed by atoms with Crippen molar-refractivity contribution in [2.75, 3.05) is 13.5 Å². The summed E-state index contributed by atoms with van der Waals surface area (Å²) in [6.07, 6.45) is -0.451. The number of carbonyl (C=O) groups excluding carboxylic acids is 2. The SMILES string of the molecule is CC1OCN[C@]12CC1=C(O)C3C(=O)c4ccccc4C(=O)C3C(O)=C1[C@@H](O[C@H]1C[C@@H]3NCO[C@@H]3[C@H](C)O1)C2. The zero-order valence-electron chi connectivity index (χ0n) is 21.3. The fourth-order valence-electron chi connectivity index (χ4n) is 7.32. The number of hydrogen-bond acceptors (Lipinski definition) is 10. The molecule has 202 valence electrons. The zero-order chi connectivity index (χ0) is 26.3. The van der Waals surface area contributed by atoms with E-state index in [0.29, 0.717) is 43.9 Å². The van der Waals surface area contributed by atoms with Crippen LogP contribution in [0.3, 0.4) is 0 Å². The van der Waals surface area contributed by atoms with Gasteiger partial charge in [-0.15, -0.1) is 0 Å². The molecular weight excluding hydrogens is 492 g/mol. The zero-order valence-corrected chi connectivity index (χ0v) is 21.3. The molecule has 10 heteroatoms. The van der Waals surface area contributed by atoms with Crippen LogP contribution in [0.4, 0.5) is 0 Å². The molecule has 9 atom stereocenters. The van der Waals surface area contributed by atoms with Crippen LogP contribution in [0.1, 0.15) is 53.8 Å². The fourth-order valence-corrected chi connectivity index (χ4v) is 7.32. The summed E-state index contributed by atoms with van der Waals surface area (Å²) in [4.78, 5) is 27.1. The molecule has 4 N–H and O–H groups in total. The van der Waals surface area contributed by atoms with Crippen molar-refractivity contribution in [2.45, 2.75) is 75.4 Å². The van der Waals surface area contributed by atoms with Gasteiger partial charge in [-0.05, 0) is 26.7 Å². The number of ether oxygens (including phenoxy) is 4. The third-order valence-corrected chi connectivity index (χ3v) is 9.36. The summed E-state index contributed by atoms with van der Waals surface area (Å²) in [5, 5.41) is 30.1. The van der Waals surface area contributed by atoms with Gasteiger partial charge in [-0.25, -0.2) is 0 Å².